The Kier molecular flexibility index (Phi) is 5.01. The molecule has 1 aromatic heterocycles. The SMILES string of the molecule is FC(F)(F)c1cccc(SCc2csc(Cc3ccc4c(c3)OCO4)n2)c1. The van der Waals surface area contributed by atoms with E-state index in [1.165, 1.54) is 23.9 Å². The molecular weight excluding hydrogens is 395 g/mol. The van der Waals surface area contributed by atoms with Crippen molar-refractivity contribution in [1.29, 1.82) is 0 Å². The number of hydrogen-bond donors (Lipinski definition) is 0. The van der Waals surface area contributed by atoms with Crippen LogP contribution in [0.1, 0.15) is 21.8 Å². The highest BCUT2D eigenvalue weighted by molar-refractivity contribution is 7.98. The standard InChI is InChI=1S/C19H14F3NO2S2/c20-19(21,22)13-2-1-3-15(8-13)26-9-14-10-27-18(23-14)7-12-4-5-16-17(6-12)25-11-24-16/h1-6,8,10H,7,9,11H2. The summed E-state index contributed by atoms with van der Waals surface area (Å²) in [5.74, 6) is 2.01. The van der Waals surface area contributed by atoms with Gasteiger partial charge in [-0.2, -0.15) is 13.2 Å². The lowest BCUT2D eigenvalue weighted by Gasteiger charge is -2.07. The van der Waals surface area contributed by atoms with Gasteiger partial charge in [0, 0.05) is 22.4 Å². The summed E-state index contributed by atoms with van der Waals surface area (Å²) in [4.78, 5) is 5.17. The van der Waals surface area contributed by atoms with Crippen molar-refractivity contribution in [1.82, 2.24) is 4.98 Å². The first kappa shape index (κ1) is 18.2. The first-order chi connectivity index (χ1) is 13.0. The minimum absolute atomic E-state index is 0.243. The second kappa shape index (κ2) is 7.44. The largest absolute Gasteiger partial charge is 0.454 e. The molecule has 3 nitrogen and oxygen atoms in total. The topological polar surface area (TPSA) is 31.4 Å². The number of halogens is 3. The molecule has 0 fully saturated rings. The number of benzene rings is 2. The molecule has 0 unspecified atom stereocenters. The minimum atomic E-state index is -4.32. The Hall–Kier alpha value is -2.19. The fourth-order valence-corrected chi connectivity index (χ4v) is 4.42. The van der Waals surface area contributed by atoms with E-state index in [0.29, 0.717) is 17.1 Å². The fourth-order valence-electron chi connectivity index (χ4n) is 2.64. The van der Waals surface area contributed by atoms with Crippen LogP contribution in [0.3, 0.4) is 0 Å². The number of alkyl halides is 3. The van der Waals surface area contributed by atoms with Crippen LogP contribution in [-0.2, 0) is 18.3 Å². The van der Waals surface area contributed by atoms with Crippen molar-refractivity contribution in [2.24, 2.45) is 0 Å². The maximum Gasteiger partial charge on any atom is 0.416 e. The molecule has 2 aromatic carbocycles. The smallest absolute Gasteiger partial charge is 0.416 e. The number of fused-ring (bicyclic) bond motifs is 1. The molecule has 0 bridgehead atoms. The van der Waals surface area contributed by atoms with Gasteiger partial charge in [-0.25, -0.2) is 4.98 Å². The Labute approximate surface area is 162 Å². The van der Waals surface area contributed by atoms with Crippen molar-refractivity contribution in [3.63, 3.8) is 0 Å². The zero-order valence-corrected chi connectivity index (χ0v) is 15.6. The van der Waals surface area contributed by atoms with Crippen molar-refractivity contribution < 1.29 is 22.6 Å². The van der Waals surface area contributed by atoms with Crippen LogP contribution in [0.2, 0.25) is 0 Å². The number of rotatable bonds is 5. The summed E-state index contributed by atoms with van der Waals surface area (Å²) in [6, 6.07) is 11.2. The summed E-state index contributed by atoms with van der Waals surface area (Å²) in [6.07, 6.45) is -3.65. The van der Waals surface area contributed by atoms with E-state index >= 15 is 0 Å². The van der Waals surface area contributed by atoms with Crippen LogP contribution < -0.4 is 9.47 Å². The predicted octanol–water partition coefficient (Wildman–Crippen LogP) is 5.77. The maximum absolute atomic E-state index is 12.8. The number of thiazole rings is 1. The molecule has 0 spiro atoms. The lowest BCUT2D eigenvalue weighted by molar-refractivity contribution is -0.137. The van der Waals surface area contributed by atoms with Crippen LogP contribution in [0.25, 0.3) is 0 Å². The van der Waals surface area contributed by atoms with Gasteiger partial charge in [-0.15, -0.1) is 23.1 Å². The van der Waals surface area contributed by atoms with Crippen molar-refractivity contribution in [3.8, 4) is 11.5 Å². The second-order valence-corrected chi connectivity index (χ2v) is 7.90. The first-order valence-electron chi connectivity index (χ1n) is 8.09. The molecule has 140 valence electrons. The van der Waals surface area contributed by atoms with Gasteiger partial charge in [-0.3, -0.25) is 0 Å². The predicted molar refractivity (Wildman–Crippen MR) is 98.5 cm³/mol. The molecule has 0 aliphatic carbocycles. The van der Waals surface area contributed by atoms with Gasteiger partial charge in [0.2, 0.25) is 6.79 Å². The van der Waals surface area contributed by atoms with E-state index in [1.54, 1.807) is 17.4 Å². The van der Waals surface area contributed by atoms with Crippen molar-refractivity contribution in [2.45, 2.75) is 23.2 Å². The Morgan fingerprint density at radius 2 is 1.93 bits per heavy atom. The number of aromatic nitrogens is 1. The third-order valence-corrected chi connectivity index (χ3v) is 5.86. The fraction of sp³-hybridized carbons (Fsp3) is 0.211. The number of thioether (sulfide) groups is 1. The van der Waals surface area contributed by atoms with Crippen LogP contribution in [-0.4, -0.2) is 11.8 Å². The van der Waals surface area contributed by atoms with Gasteiger partial charge in [0.15, 0.2) is 11.5 Å². The number of hydrogen-bond acceptors (Lipinski definition) is 5. The molecule has 0 atom stereocenters. The molecule has 0 saturated carbocycles. The lowest BCUT2D eigenvalue weighted by atomic mass is 10.1. The van der Waals surface area contributed by atoms with Crippen molar-refractivity contribution in [2.75, 3.05) is 6.79 Å². The summed E-state index contributed by atoms with van der Waals surface area (Å²) in [5.41, 5.74) is 1.30. The van der Waals surface area contributed by atoms with E-state index < -0.39 is 11.7 Å². The Bertz CT molecular complexity index is 956. The third kappa shape index (κ3) is 4.39. The molecule has 0 saturated heterocycles. The van der Waals surface area contributed by atoms with E-state index in [9.17, 15) is 13.2 Å². The van der Waals surface area contributed by atoms with Gasteiger partial charge in [-0.1, -0.05) is 12.1 Å². The average Bonchev–Trinajstić information content (AvgIpc) is 3.28. The van der Waals surface area contributed by atoms with Crippen LogP contribution in [0, 0.1) is 0 Å². The van der Waals surface area contributed by atoms with E-state index in [4.69, 9.17) is 9.47 Å². The molecule has 8 heteroatoms. The number of nitrogens with zero attached hydrogens (tertiary/aromatic N) is 1. The first-order valence-corrected chi connectivity index (χ1v) is 9.96. The monoisotopic (exact) mass is 409 g/mol. The van der Waals surface area contributed by atoms with Crippen molar-refractivity contribution >= 4 is 23.1 Å². The summed E-state index contributed by atoms with van der Waals surface area (Å²) < 4.78 is 49.0. The zero-order chi connectivity index (χ0) is 18.9. The zero-order valence-electron chi connectivity index (χ0n) is 14.0. The van der Waals surface area contributed by atoms with Gasteiger partial charge in [0.05, 0.1) is 16.3 Å². The average molecular weight is 409 g/mol. The second-order valence-electron chi connectivity index (χ2n) is 5.91. The molecule has 0 radical (unpaired) electrons. The summed E-state index contributed by atoms with van der Waals surface area (Å²) in [5, 5.41) is 2.90. The normalized spacial score (nSPS) is 13.1. The number of ether oxygens (including phenoxy) is 2. The Balaban J connectivity index is 1.39. The molecular formula is C19H14F3NO2S2. The molecule has 0 amide bonds. The van der Waals surface area contributed by atoms with Gasteiger partial charge < -0.3 is 9.47 Å². The Morgan fingerprint density at radius 3 is 2.78 bits per heavy atom. The van der Waals surface area contributed by atoms with E-state index in [2.05, 4.69) is 4.98 Å². The molecule has 1 aliphatic rings. The van der Waals surface area contributed by atoms with Gasteiger partial charge in [-0.05, 0) is 35.9 Å². The van der Waals surface area contributed by atoms with Crippen LogP contribution in [0.4, 0.5) is 13.2 Å². The molecule has 1 aliphatic heterocycles. The summed E-state index contributed by atoms with van der Waals surface area (Å²) in [7, 11) is 0. The van der Waals surface area contributed by atoms with Gasteiger partial charge >= 0.3 is 6.18 Å². The van der Waals surface area contributed by atoms with E-state index in [-0.39, 0.29) is 6.79 Å². The Morgan fingerprint density at radius 1 is 1.07 bits per heavy atom. The van der Waals surface area contributed by atoms with Gasteiger partial charge in [0.1, 0.15) is 0 Å². The molecule has 0 N–H and O–H groups in total. The quantitative estimate of drug-likeness (QED) is 0.501. The third-order valence-electron chi connectivity index (χ3n) is 3.94. The highest BCUT2D eigenvalue weighted by atomic mass is 32.2. The lowest BCUT2D eigenvalue weighted by Crippen LogP contribution is -2.04. The molecule has 4 rings (SSSR count). The van der Waals surface area contributed by atoms with Crippen LogP contribution in [0.15, 0.2) is 52.7 Å². The van der Waals surface area contributed by atoms with E-state index in [1.807, 2.05) is 23.6 Å². The highest BCUT2D eigenvalue weighted by Crippen LogP contribution is 2.34. The summed E-state index contributed by atoms with van der Waals surface area (Å²) in [6.45, 7) is 0.243. The minimum Gasteiger partial charge on any atom is -0.454 e. The molecule has 27 heavy (non-hydrogen) atoms. The highest BCUT2D eigenvalue weighted by Gasteiger charge is 2.30. The van der Waals surface area contributed by atoms with Crippen LogP contribution in [0.5, 0.6) is 11.5 Å². The van der Waals surface area contributed by atoms with Gasteiger partial charge in [0.25, 0.3) is 0 Å². The summed E-state index contributed by atoms with van der Waals surface area (Å²) >= 11 is 2.89. The van der Waals surface area contributed by atoms with E-state index in [0.717, 1.165) is 33.8 Å². The van der Waals surface area contributed by atoms with Crippen LogP contribution >= 0.6 is 23.1 Å². The molecule has 2 heterocycles. The molecule has 3 aromatic rings. The maximum atomic E-state index is 12.8. The van der Waals surface area contributed by atoms with Crippen molar-refractivity contribution in [3.05, 3.63) is 69.7 Å².